The van der Waals surface area contributed by atoms with Crippen molar-refractivity contribution in [3.8, 4) is 0 Å². The molecule has 6 atom stereocenters. The van der Waals surface area contributed by atoms with Crippen LogP contribution in [0.1, 0.15) is 85.6 Å². The van der Waals surface area contributed by atoms with E-state index in [-0.39, 0.29) is 24.4 Å². The Morgan fingerprint density at radius 3 is 1.33 bits per heavy atom. The number of allylic oxidation sites excluding steroid dienone is 2. The first-order valence-corrected chi connectivity index (χ1v) is 20.9. The van der Waals surface area contributed by atoms with Crippen LogP contribution in [-0.2, 0) is 37.6 Å². The average molecular weight is 789 g/mol. The number of ether oxygens (including phenoxy) is 4. The molecule has 2 fully saturated rings. The SMILES string of the molecule is FC(F)(F)C[C@@H]1CC[C@H](OCc2ccccc2)[C@@H](CC/C=C/CC[C@H]2O[C@@H](C(c3ccccc3)(c3ccccc3)c3ccccc3)CC[C@H]2OCc2ccccc2)O1. The van der Waals surface area contributed by atoms with Gasteiger partial charge in [-0.15, -0.1) is 0 Å². The lowest BCUT2D eigenvalue weighted by atomic mass is 9.64. The summed E-state index contributed by atoms with van der Waals surface area (Å²) in [5.74, 6) is 0. The summed E-state index contributed by atoms with van der Waals surface area (Å²) in [6.07, 6.45) is 2.53. The summed E-state index contributed by atoms with van der Waals surface area (Å²) < 4.78 is 66.4. The van der Waals surface area contributed by atoms with Gasteiger partial charge in [0, 0.05) is 0 Å². The van der Waals surface area contributed by atoms with Gasteiger partial charge in [-0.05, 0) is 79.2 Å². The fourth-order valence-electron chi connectivity index (χ4n) is 8.90. The zero-order chi connectivity index (χ0) is 40.0. The molecule has 0 saturated carbocycles. The minimum absolute atomic E-state index is 0.0893. The van der Waals surface area contributed by atoms with Crippen LogP contribution in [-0.4, -0.2) is 42.8 Å². The molecule has 0 bridgehead atoms. The highest BCUT2D eigenvalue weighted by molar-refractivity contribution is 5.52. The van der Waals surface area contributed by atoms with Gasteiger partial charge in [-0.1, -0.05) is 164 Å². The number of hydrogen-bond acceptors (Lipinski definition) is 4. The number of benzene rings is 5. The number of hydrogen-bond donors (Lipinski definition) is 0. The molecule has 7 heteroatoms. The van der Waals surface area contributed by atoms with E-state index in [1.54, 1.807) is 0 Å². The first-order valence-electron chi connectivity index (χ1n) is 20.9. The molecule has 0 unspecified atom stereocenters. The quantitative estimate of drug-likeness (QED) is 0.0695. The van der Waals surface area contributed by atoms with Crippen LogP contribution >= 0.6 is 0 Å². The second-order valence-corrected chi connectivity index (χ2v) is 15.6. The predicted octanol–water partition coefficient (Wildman–Crippen LogP) is 12.4. The van der Waals surface area contributed by atoms with Gasteiger partial charge in [-0.3, -0.25) is 0 Å². The molecule has 2 heterocycles. The molecule has 2 aliphatic rings. The highest BCUT2D eigenvalue weighted by atomic mass is 19.4. The van der Waals surface area contributed by atoms with E-state index in [2.05, 4.69) is 115 Å². The summed E-state index contributed by atoms with van der Waals surface area (Å²) >= 11 is 0. The molecule has 2 saturated heterocycles. The van der Waals surface area contributed by atoms with Crippen molar-refractivity contribution in [1.82, 2.24) is 0 Å². The van der Waals surface area contributed by atoms with Gasteiger partial charge >= 0.3 is 6.18 Å². The Hall–Kier alpha value is -4.53. The Kier molecular flexibility index (Phi) is 14.7. The van der Waals surface area contributed by atoms with E-state index in [9.17, 15) is 13.2 Å². The van der Waals surface area contributed by atoms with Crippen LogP contribution in [0, 0.1) is 0 Å². The first kappa shape index (κ1) is 41.6. The molecule has 2 aliphatic heterocycles. The molecule has 5 aromatic carbocycles. The molecule has 5 aromatic rings. The van der Waals surface area contributed by atoms with E-state index >= 15 is 0 Å². The molecule has 304 valence electrons. The van der Waals surface area contributed by atoms with Gasteiger partial charge in [0.05, 0.1) is 61.7 Å². The van der Waals surface area contributed by atoms with Crippen molar-refractivity contribution < 1.29 is 32.1 Å². The summed E-state index contributed by atoms with van der Waals surface area (Å²) in [6.45, 7) is 0.915. The minimum atomic E-state index is -4.27. The van der Waals surface area contributed by atoms with Crippen molar-refractivity contribution in [3.63, 3.8) is 0 Å². The van der Waals surface area contributed by atoms with Crippen molar-refractivity contribution in [1.29, 1.82) is 0 Å². The molecular weight excluding hydrogens is 734 g/mol. The third-order valence-electron chi connectivity index (χ3n) is 11.7. The molecule has 0 amide bonds. The topological polar surface area (TPSA) is 36.9 Å². The van der Waals surface area contributed by atoms with Crippen LogP contribution in [0.4, 0.5) is 13.2 Å². The van der Waals surface area contributed by atoms with Crippen molar-refractivity contribution in [3.05, 3.63) is 192 Å². The van der Waals surface area contributed by atoms with Gasteiger partial charge < -0.3 is 18.9 Å². The Morgan fingerprint density at radius 1 is 0.500 bits per heavy atom. The highest BCUT2D eigenvalue weighted by Gasteiger charge is 2.48. The lowest BCUT2D eigenvalue weighted by Gasteiger charge is -2.47. The normalized spacial score (nSPS) is 22.9. The van der Waals surface area contributed by atoms with Crippen LogP contribution in [0.25, 0.3) is 0 Å². The molecule has 4 nitrogen and oxygen atoms in total. The van der Waals surface area contributed by atoms with E-state index in [1.807, 2.05) is 48.5 Å². The summed E-state index contributed by atoms with van der Waals surface area (Å²) in [6, 6.07) is 52.3. The molecule has 0 aliphatic carbocycles. The fraction of sp³-hybridized carbons (Fsp3) is 0.373. The summed E-state index contributed by atoms with van der Waals surface area (Å²) in [4.78, 5) is 0. The van der Waals surface area contributed by atoms with Crippen molar-refractivity contribution >= 4 is 0 Å². The predicted molar refractivity (Wildman–Crippen MR) is 223 cm³/mol. The van der Waals surface area contributed by atoms with Crippen LogP contribution in [0.3, 0.4) is 0 Å². The van der Waals surface area contributed by atoms with Crippen molar-refractivity contribution in [2.45, 2.75) is 119 Å². The molecule has 58 heavy (non-hydrogen) atoms. The summed E-state index contributed by atoms with van der Waals surface area (Å²) in [5.41, 5.74) is 5.18. The fourth-order valence-corrected chi connectivity index (χ4v) is 8.90. The van der Waals surface area contributed by atoms with E-state index in [0.717, 1.165) is 36.8 Å². The number of halogens is 3. The van der Waals surface area contributed by atoms with Gasteiger partial charge in [-0.2, -0.15) is 13.2 Å². The van der Waals surface area contributed by atoms with Crippen LogP contribution < -0.4 is 0 Å². The van der Waals surface area contributed by atoms with Gasteiger partial charge in [-0.25, -0.2) is 0 Å². The summed E-state index contributed by atoms with van der Waals surface area (Å²) in [7, 11) is 0. The Balaban J connectivity index is 1.07. The second kappa shape index (κ2) is 20.4. The Morgan fingerprint density at radius 2 is 0.897 bits per heavy atom. The second-order valence-electron chi connectivity index (χ2n) is 15.6. The number of alkyl halides is 3. The molecule has 0 aromatic heterocycles. The van der Waals surface area contributed by atoms with Crippen molar-refractivity contribution in [2.24, 2.45) is 0 Å². The summed E-state index contributed by atoms with van der Waals surface area (Å²) in [5, 5.41) is 0. The van der Waals surface area contributed by atoms with Crippen molar-refractivity contribution in [2.75, 3.05) is 0 Å². The lowest BCUT2D eigenvalue weighted by Crippen LogP contribution is -2.51. The van der Waals surface area contributed by atoms with E-state index < -0.39 is 30.2 Å². The first-order chi connectivity index (χ1) is 28.4. The van der Waals surface area contributed by atoms with Gasteiger partial charge in [0.25, 0.3) is 0 Å². The standard InChI is InChI=1S/C51H55F3O4/c52-50(53,54)36-44-32-33-45(55-37-39-20-8-3-9-21-39)47(57-44)30-18-1-2-19-31-48-46(56-38-40-22-10-4-11-23-40)34-35-49(58-48)51(41-24-12-5-13-25-41,42-26-14-6-15-27-42)43-28-16-7-17-29-43/h1-17,20-29,44-49H,18-19,30-38H2/b2-1+/t44-,45-,46+,47+,48+,49+/m0/s1. The largest absolute Gasteiger partial charge is 0.391 e. The third kappa shape index (κ3) is 10.9. The monoisotopic (exact) mass is 788 g/mol. The maximum absolute atomic E-state index is 13.3. The third-order valence-corrected chi connectivity index (χ3v) is 11.7. The van der Waals surface area contributed by atoms with E-state index in [4.69, 9.17) is 18.9 Å². The van der Waals surface area contributed by atoms with Crippen LogP contribution in [0.15, 0.2) is 164 Å². The molecule has 0 spiro atoms. The number of rotatable bonds is 17. The smallest absolute Gasteiger partial charge is 0.372 e. The van der Waals surface area contributed by atoms with Gasteiger partial charge in [0.15, 0.2) is 0 Å². The maximum atomic E-state index is 13.3. The zero-order valence-corrected chi connectivity index (χ0v) is 33.1. The van der Waals surface area contributed by atoms with E-state index in [1.165, 1.54) is 16.7 Å². The van der Waals surface area contributed by atoms with E-state index in [0.29, 0.717) is 38.9 Å². The van der Waals surface area contributed by atoms with Crippen LogP contribution in [0.2, 0.25) is 0 Å². The average Bonchev–Trinajstić information content (AvgIpc) is 3.26. The van der Waals surface area contributed by atoms with Gasteiger partial charge in [0.2, 0.25) is 0 Å². The minimum Gasteiger partial charge on any atom is -0.372 e. The zero-order valence-electron chi connectivity index (χ0n) is 33.1. The molecule has 0 N–H and O–H groups in total. The van der Waals surface area contributed by atoms with Crippen LogP contribution in [0.5, 0.6) is 0 Å². The van der Waals surface area contributed by atoms with Gasteiger partial charge in [0.1, 0.15) is 0 Å². The molecule has 0 radical (unpaired) electrons. The Bertz CT molecular complexity index is 1840. The molecule has 7 rings (SSSR count). The highest BCUT2D eigenvalue weighted by Crippen LogP contribution is 2.47. The lowest BCUT2D eigenvalue weighted by molar-refractivity contribution is -0.198. The Labute approximate surface area is 342 Å². The molecular formula is C51H55F3O4. The maximum Gasteiger partial charge on any atom is 0.391 e.